The van der Waals surface area contributed by atoms with Gasteiger partial charge in [-0.15, -0.1) is 13.2 Å². The summed E-state index contributed by atoms with van der Waals surface area (Å²) in [4.78, 5) is 58.5. The summed E-state index contributed by atoms with van der Waals surface area (Å²) in [6, 6.07) is 13.9. The van der Waals surface area contributed by atoms with Crippen molar-refractivity contribution in [2.45, 2.75) is 54.0 Å². The maximum atomic E-state index is 14.6. The number of allylic oxidation sites excluding steroid dienone is 1. The number of esters is 1. The molecular weight excluding hydrogens is 718 g/mol. The molecule has 1 unspecified atom stereocenters. The zero-order valence-electron chi connectivity index (χ0n) is 27.2. The first kappa shape index (κ1) is 36.7. The van der Waals surface area contributed by atoms with Crippen LogP contribution in [0.5, 0.6) is 0 Å². The van der Waals surface area contributed by atoms with Crippen LogP contribution in [0.1, 0.15) is 30.9 Å². The number of para-hydroxylation sites is 1. The maximum absolute atomic E-state index is 14.6. The standard InChI is InChI=1S/C36H41BrClN3O8/c1-4-6-16-27(43)39-25(21-47-3)30(22-12-8-7-9-13-22)48-35(46)28-29-33(44)41(18-19-42)32(36(29)20-23(37)31(28)49-36)34(45)40(17-5-2)26-15-11-10-14-24(26)38/h4-5,7-15,23,25,28-32,42H,1-2,6,16-21H2,3H3,(H,39,43)/t23?,25-,28+,29-,30-,31+,32+,36-/m1/s1. The Kier molecular flexibility index (Phi) is 12.0. The number of β-amino-alcohol motifs (C(OH)–C–C–N with tert-alkyl or cyclic N) is 1. The summed E-state index contributed by atoms with van der Waals surface area (Å²) in [5, 5.41) is 13.3. The van der Waals surface area contributed by atoms with Crippen LogP contribution in [0, 0.1) is 11.8 Å². The van der Waals surface area contributed by atoms with E-state index < -0.39 is 70.9 Å². The molecule has 3 amide bonds. The largest absolute Gasteiger partial charge is 0.455 e. The molecule has 8 atom stereocenters. The minimum Gasteiger partial charge on any atom is -0.455 e. The summed E-state index contributed by atoms with van der Waals surface area (Å²) in [5.41, 5.74) is -0.363. The summed E-state index contributed by atoms with van der Waals surface area (Å²) in [5.74, 6) is -4.11. The Morgan fingerprint density at radius 3 is 2.55 bits per heavy atom. The number of amides is 3. The molecule has 262 valence electrons. The van der Waals surface area contributed by atoms with Gasteiger partial charge in [-0.25, -0.2) is 0 Å². The molecule has 13 heteroatoms. The molecule has 0 saturated carbocycles. The van der Waals surface area contributed by atoms with Gasteiger partial charge >= 0.3 is 5.97 Å². The van der Waals surface area contributed by atoms with Gasteiger partial charge in [-0.05, 0) is 30.5 Å². The van der Waals surface area contributed by atoms with Crippen molar-refractivity contribution in [1.82, 2.24) is 10.2 Å². The van der Waals surface area contributed by atoms with Crippen LogP contribution in [0.15, 0.2) is 79.9 Å². The highest BCUT2D eigenvalue weighted by Gasteiger charge is 2.77. The van der Waals surface area contributed by atoms with Crippen LogP contribution in [0.25, 0.3) is 0 Å². The zero-order valence-corrected chi connectivity index (χ0v) is 29.6. The summed E-state index contributed by atoms with van der Waals surface area (Å²) in [6.45, 7) is 7.04. The molecule has 3 aliphatic rings. The zero-order chi connectivity index (χ0) is 35.3. The number of anilines is 1. The lowest BCUT2D eigenvalue weighted by Crippen LogP contribution is -2.57. The first-order valence-electron chi connectivity index (χ1n) is 16.2. The Hall–Kier alpha value is -3.55. The Morgan fingerprint density at radius 2 is 1.90 bits per heavy atom. The molecule has 1 spiro atoms. The van der Waals surface area contributed by atoms with E-state index in [2.05, 4.69) is 34.4 Å². The SMILES string of the molecule is C=CCCC(=O)N[C@H](COC)[C@H](OC(=O)[C@@H]1[C@H]2O[C@@]3(CC2Br)[C@H](C(=O)N(CC=C)c2ccccc2Cl)N(CCO)C(=O)[C@@H]13)c1ccccc1. The summed E-state index contributed by atoms with van der Waals surface area (Å²) >= 11 is 10.2. The second kappa shape index (κ2) is 16.0. The van der Waals surface area contributed by atoms with E-state index >= 15 is 0 Å². The van der Waals surface area contributed by atoms with E-state index in [1.54, 1.807) is 60.7 Å². The van der Waals surface area contributed by atoms with Crippen LogP contribution in [-0.4, -0.2) is 95.7 Å². The number of nitrogens with one attached hydrogen (secondary N) is 1. The molecular formula is C36H41BrClN3O8. The third-order valence-corrected chi connectivity index (χ3v) is 10.5. The number of aliphatic hydroxyl groups is 1. The number of hydrogen-bond donors (Lipinski definition) is 2. The molecule has 5 rings (SSSR count). The molecule has 2 bridgehead atoms. The van der Waals surface area contributed by atoms with Gasteiger partial charge in [-0.3, -0.25) is 19.2 Å². The van der Waals surface area contributed by atoms with E-state index in [0.29, 0.717) is 22.7 Å². The van der Waals surface area contributed by atoms with Crippen molar-refractivity contribution in [3.8, 4) is 0 Å². The number of aliphatic hydroxyl groups excluding tert-OH is 1. The van der Waals surface area contributed by atoms with Crippen molar-refractivity contribution in [3.63, 3.8) is 0 Å². The molecule has 2 N–H and O–H groups in total. The highest BCUT2D eigenvalue weighted by molar-refractivity contribution is 9.09. The number of ether oxygens (including phenoxy) is 3. The highest BCUT2D eigenvalue weighted by atomic mass is 79.9. The summed E-state index contributed by atoms with van der Waals surface area (Å²) < 4.78 is 18.3. The normalized spacial score (nSPS) is 26.5. The van der Waals surface area contributed by atoms with Crippen LogP contribution < -0.4 is 10.2 Å². The molecule has 2 aromatic carbocycles. The highest BCUT2D eigenvalue weighted by Crippen LogP contribution is 2.60. The summed E-state index contributed by atoms with van der Waals surface area (Å²) in [7, 11) is 1.48. The molecule has 0 aromatic heterocycles. The Labute approximate surface area is 299 Å². The number of fused-ring (bicyclic) bond motifs is 1. The molecule has 49 heavy (non-hydrogen) atoms. The van der Waals surface area contributed by atoms with E-state index in [4.69, 9.17) is 25.8 Å². The second-order valence-electron chi connectivity index (χ2n) is 12.3. The molecule has 2 aromatic rings. The maximum Gasteiger partial charge on any atom is 0.313 e. The predicted octanol–water partition coefficient (Wildman–Crippen LogP) is 3.98. The van der Waals surface area contributed by atoms with Gasteiger partial charge in [-0.2, -0.15) is 0 Å². The van der Waals surface area contributed by atoms with Crippen molar-refractivity contribution >= 4 is 56.9 Å². The van der Waals surface area contributed by atoms with Crippen LogP contribution >= 0.6 is 27.5 Å². The molecule has 0 radical (unpaired) electrons. The fraction of sp³-hybridized carbons (Fsp3) is 0.444. The molecule has 3 fully saturated rings. The lowest BCUT2D eigenvalue weighted by Gasteiger charge is -2.37. The van der Waals surface area contributed by atoms with Gasteiger partial charge in [0.05, 0.1) is 47.9 Å². The fourth-order valence-corrected chi connectivity index (χ4v) is 8.59. The average molecular weight is 759 g/mol. The number of carbonyl (C=O) groups is 4. The van der Waals surface area contributed by atoms with E-state index in [1.165, 1.54) is 16.9 Å². The first-order valence-corrected chi connectivity index (χ1v) is 17.5. The van der Waals surface area contributed by atoms with Crippen LogP contribution in [0.2, 0.25) is 5.02 Å². The van der Waals surface area contributed by atoms with Crippen molar-refractivity contribution in [3.05, 3.63) is 90.5 Å². The van der Waals surface area contributed by atoms with Crippen LogP contribution in [0.4, 0.5) is 5.69 Å². The first-order chi connectivity index (χ1) is 23.6. The molecule has 0 aliphatic carbocycles. The number of alkyl halides is 1. The van der Waals surface area contributed by atoms with Gasteiger partial charge in [-0.1, -0.05) is 82.1 Å². The summed E-state index contributed by atoms with van der Waals surface area (Å²) in [6.07, 6.45) is 2.34. The molecule has 3 heterocycles. The van der Waals surface area contributed by atoms with E-state index in [-0.39, 0.29) is 38.4 Å². The number of halogens is 2. The van der Waals surface area contributed by atoms with E-state index in [0.717, 1.165) is 0 Å². The monoisotopic (exact) mass is 757 g/mol. The Bertz CT molecular complexity index is 1560. The number of rotatable bonds is 16. The van der Waals surface area contributed by atoms with Gasteiger partial charge in [0, 0.05) is 31.4 Å². The Morgan fingerprint density at radius 1 is 1.18 bits per heavy atom. The van der Waals surface area contributed by atoms with Gasteiger partial charge in [0.2, 0.25) is 11.8 Å². The molecule has 3 aliphatic heterocycles. The number of carbonyl (C=O) groups excluding carboxylic acids is 4. The number of benzene rings is 2. The number of likely N-dealkylation sites (tertiary alicyclic amines) is 1. The lowest BCUT2D eigenvalue weighted by molar-refractivity contribution is -0.163. The van der Waals surface area contributed by atoms with Crippen LogP contribution in [0.3, 0.4) is 0 Å². The van der Waals surface area contributed by atoms with Gasteiger partial charge < -0.3 is 34.4 Å². The third kappa shape index (κ3) is 7.07. The predicted molar refractivity (Wildman–Crippen MR) is 187 cm³/mol. The fourth-order valence-electron chi connectivity index (χ4n) is 7.41. The van der Waals surface area contributed by atoms with Gasteiger partial charge in [0.25, 0.3) is 5.91 Å². The van der Waals surface area contributed by atoms with E-state index in [1.807, 2.05) is 6.07 Å². The van der Waals surface area contributed by atoms with E-state index in [9.17, 15) is 24.3 Å². The topological polar surface area (TPSA) is 135 Å². The van der Waals surface area contributed by atoms with Gasteiger partial charge in [0.1, 0.15) is 17.7 Å². The minimum absolute atomic E-state index is 0.0344. The van der Waals surface area contributed by atoms with Crippen molar-refractivity contribution < 1.29 is 38.5 Å². The van der Waals surface area contributed by atoms with Gasteiger partial charge in [0.15, 0.2) is 0 Å². The van der Waals surface area contributed by atoms with Crippen molar-refractivity contribution in [2.75, 3.05) is 38.3 Å². The third-order valence-electron chi connectivity index (χ3n) is 9.36. The number of hydrogen-bond acceptors (Lipinski definition) is 8. The number of methoxy groups -OCH3 is 1. The Balaban J connectivity index is 1.51. The van der Waals surface area contributed by atoms with Crippen molar-refractivity contribution in [2.24, 2.45) is 11.8 Å². The average Bonchev–Trinajstić information content (AvgIpc) is 3.68. The van der Waals surface area contributed by atoms with Crippen LogP contribution in [-0.2, 0) is 33.4 Å². The second-order valence-corrected chi connectivity index (χ2v) is 13.9. The number of nitrogens with zero attached hydrogens (tertiary/aromatic N) is 2. The lowest BCUT2D eigenvalue weighted by atomic mass is 9.70. The molecule has 3 saturated heterocycles. The quantitative estimate of drug-likeness (QED) is 0.149. The van der Waals surface area contributed by atoms with Crippen molar-refractivity contribution in [1.29, 1.82) is 0 Å². The smallest absolute Gasteiger partial charge is 0.313 e. The minimum atomic E-state index is -1.40. The molecule has 11 nitrogen and oxygen atoms in total.